The highest BCUT2D eigenvalue weighted by Gasteiger charge is 2.05. The molecule has 0 spiro atoms. The molecule has 0 fully saturated rings. The van der Waals surface area contributed by atoms with Gasteiger partial charge in [0.25, 0.3) is 0 Å². The second-order valence-corrected chi connectivity index (χ2v) is 4.69. The molecule has 0 aliphatic carbocycles. The fourth-order valence-electron chi connectivity index (χ4n) is 1.68. The minimum absolute atomic E-state index is 0.360. The Balaban J connectivity index is 2.37. The first-order valence-electron chi connectivity index (χ1n) is 5.23. The molecule has 3 nitrogen and oxygen atoms in total. The molecule has 1 aromatic heterocycles. The lowest BCUT2D eigenvalue weighted by Gasteiger charge is -2.01. The number of halogens is 1. The topological polar surface area (TPSA) is 42.2 Å². The Morgan fingerprint density at radius 3 is 2.88 bits per heavy atom. The maximum absolute atomic E-state index is 10.7. The maximum Gasteiger partial charge on any atom is 0.331 e. The summed E-state index contributed by atoms with van der Waals surface area (Å²) >= 11 is 3.50. The average molecular weight is 294 g/mol. The second kappa shape index (κ2) is 4.75. The molecule has 1 N–H and O–H groups in total. The summed E-state index contributed by atoms with van der Waals surface area (Å²) in [5.74, 6) is -0.875. The predicted molar refractivity (Wildman–Crippen MR) is 71.0 cm³/mol. The molecule has 0 aliphatic rings. The van der Waals surface area contributed by atoms with Gasteiger partial charge in [-0.2, -0.15) is 0 Å². The number of nitrogens with zero attached hydrogens (tertiary/aromatic N) is 1. The number of aromatic nitrogens is 1. The Kier molecular flexibility index (Phi) is 3.33. The predicted octanol–water partition coefficient (Wildman–Crippen LogP) is 3.43. The molecule has 2 rings (SSSR count). The van der Waals surface area contributed by atoms with Crippen LogP contribution < -0.4 is 0 Å². The summed E-state index contributed by atoms with van der Waals surface area (Å²) in [5, 5.41) is 9.92. The molecule has 0 amide bonds. The molecule has 88 valence electrons. The van der Waals surface area contributed by atoms with Crippen LogP contribution in [0.3, 0.4) is 0 Å². The molecule has 1 aromatic carbocycles. The van der Waals surface area contributed by atoms with Gasteiger partial charge in [0, 0.05) is 33.7 Å². The smallest absolute Gasteiger partial charge is 0.331 e. The fraction of sp³-hybridized carbons (Fsp3) is 0.154. The summed E-state index contributed by atoms with van der Waals surface area (Å²) in [6, 6.07) is 8.00. The normalized spacial score (nSPS) is 12.0. The van der Waals surface area contributed by atoms with Crippen molar-refractivity contribution in [1.29, 1.82) is 0 Å². The molecule has 0 saturated carbocycles. The van der Waals surface area contributed by atoms with Gasteiger partial charge in [-0.15, -0.1) is 0 Å². The molecule has 2 aromatic rings. The lowest BCUT2D eigenvalue weighted by atomic mass is 10.2. The van der Waals surface area contributed by atoms with Crippen molar-refractivity contribution >= 4 is 32.8 Å². The van der Waals surface area contributed by atoms with E-state index in [1.165, 1.54) is 0 Å². The number of carboxylic acids is 1. The number of fused-ring (bicyclic) bond motifs is 1. The average Bonchev–Trinajstić information content (AvgIpc) is 2.64. The van der Waals surface area contributed by atoms with Crippen LogP contribution in [0.5, 0.6) is 0 Å². The van der Waals surface area contributed by atoms with Crippen molar-refractivity contribution in [2.75, 3.05) is 0 Å². The van der Waals surface area contributed by atoms with E-state index in [0.717, 1.165) is 15.4 Å². The number of carbonyl (C=O) groups is 1. The molecule has 0 unspecified atom stereocenters. The minimum Gasteiger partial charge on any atom is -0.478 e. The van der Waals surface area contributed by atoms with Crippen LogP contribution >= 0.6 is 15.9 Å². The largest absolute Gasteiger partial charge is 0.478 e. The van der Waals surface area contributed by atoms with Gasteiger partial charge in [0.2, 0.25) is 0 Å². The van der Waals surface area contributed by atoms with E-state index >= 15 is 0 Å². The van der Waals surface area contributed by atoms with Crippen molar-refractivity contribution in [3.8, 4) is 0 Å². The van der Waals surface area contributed by atoms with Crippen molar-refractivity contribution in [3.63, 3.8) is 0 Å². The van der Waals surface area contributed by atoms with E-state index in [9.17, 15) is 4.79 Å². The van der Waals surface area contributed by atoms with Crippen LogP contribution in [0.25, 0.3) is 10.9 Å². The Labute approximate surface area is 107 Å². The molecular formula is C13H12BrNO2. The monoisotopic (exact) mass is 293 g/mol. The first-order chi connectivity index (χ1) is 8.09. The van der Waals surface area contributed by atoms with Gasteiger partial charge in [-0.05, 0) is 28.9 Å². The molecule has 0 bridgehead atoms. The SMILES string of the molecule is CC(=CCn1cc(Br)c2ccccc21)C(=O)O. The molecular weight excluding hydrogens is 282 g/mol. The number of aliphatic carboxylic acids is 1. The van der Waals surface area contributed by atoms with Crippen LogP contribution in [0.1, 0.15) is 6.92 Å². The number of rotatable bonds is 3. The highest BCUT2D eigenvalue weighted by molar-refractivity contribution is 9.10. The quantitative estimate of drug-likeness (QED) is 0.881. The number of hydrogen-bond donors (Lipinski definition) is 1. The van der Waals surface area contributed by atoms with Gasteiger partial charge < -0.3 is 9.67 Å². The molecule has 0 aliphatic heterocycles. The standard InChI is InChI=1S/C13H12BrNO2/c1-9(13(16)17)6-7-15-8-11(14)10-4-2-3-5-12(10)15/h2-6,8H,7H2,1H3,(H,16,17). The second-order valence-electron chi connectivity index (χ2n) is 3.84. The van der Waals surface area contributed by atoms with Gasteiger partial charge in [0.1, 0.15) is 0 Å². The Hall–Kier alpha value is -1.55. The molecule has 1 heterocycles. The minimum atomic E-state index is -0.875. The van der Waals surface area contributed by atoms with E-state index in [-0.39, 0.29) is 0 Å². The van der Waals surface area contributed by atoms with E-state index in [2.05, 4.69) is 15.9 Å². The maximum atomic E-state index is 10.7. The summed E-state index contributed by atoms with van der Waals surface area (Å²) in [7, 11) is 0. The number of para-hydroxylation sites is 1. The van der Waals surface area contributed by atoms with Crippen molar-refractivity contribution in [3.05, 3.63) is 46.6 Å². The lowest BCUT2D eigenvalue weighted by molar-refractivity contribution is -0.132. The summed E-state index contributed by atoms with van der Waals surface area (Å²) in [6.45, 7) is 2.16. The Morgan fingerprint density at radius 1 is 1.47 bits per heavy atom. The van der Waals surface area contributed by atoms with E-state index in [1.807, 2.05) is 35.0 Å². The third-order valence-corrected chi connectivity index (χ3v) is 3.30. The van der Waals surface area contributed by atoms with E-state index < -0.39 is 5.97 Å². The van der Waals surface area contributed by atoms with Crippen molar-refractivity contribution < 1.29 is 9.90 Å². The molecule has 0 radical (unpaired) electrons. The highest BCUT2D eigenvalue weighted by Crippen LogP contribution is 2.25. The van der Waals surface area contributed by atoms with Gasteiger partial charge in [-0.25, -0.2) is 4.79 Å². The lowest BCUT2D eigenvalue weighted by Crippen LogP contribution is -1.99. The fourth-order valence-corrected chi connectivity index (χ4v) is 2.26. The molecule has 4 heteroatoms. The van der Waals surface area contributed by atoms with Gasteiger partial charge in [0.05, 0.1) is 0 Å². The highest BCUT2D eigenvalue weighted by atomic mass is 79.9. The molecule has 0 atom stereocenters. The summed E-state index contributed by atoms with van der Waals surface area (Å²) in [6.07, 6.45) is 3.68. The zero-order chi connectivity index (χ0) is 12.4. The zero-order valence-corrected chi connectivity index (χ0v) is 10.9. The van der Waals surface area contributed by atoms with E-state index in [1.54, 1.807) is 13.0 Å². The summed E-state index contributed by atoms with van der Waals surface area (Å²) < 4.78 is 3.04. The van der Waals surface area contributed by atoms with Crippen molar-refractivity contribution in [1.82, 2.24) is 4.57 Å². The van der Waals surface area contributed by atoms with Gasteiger partial charge in [-0.3, -0.25) is 0 Å². The third kappa shape index (κ3) is 2.42. The van der Waals surface area contributed by atoms with Crippen molar-refractivity contribution in [2.45, 2.75) is 13.5 Å². The Bertz CT molecular complexity index is 598. The van der Waals surface area contributed by atoms with Gasteiger partial charge in [0.15, 0.2) is 0 Å². The summed E-state index contributed by atoms with van der Waals surface area (Å²) in [5.41, 5.74) is 1.45. The molecule has 0 saturated heterocycles. The number of carboxylic acid groups (broad SMARTS) is 1. The van der Waals surface area contributed by atoms with E-state index in [0.29, 0.717) is 12.1 Å². The van der Waals surface area contributed by atoms with Gasteiger partial charge in [-0.1, -0.05) is 24.3 Å². The van der Waals surface area contributed by atoms with Crippen LogP contribution in [0.15, 0.2) is 46.6 Å². The van der Waals surface area contributed by atoms with Crippen LogP contribution in [0.4, 0.5) is 0 Å². The Morgan fingerprint density at radius 2 is 2.18 bits per heavy atom. The molecule has 17 heavy (non-hydrogen) atoms. The summed E-state index contributed by atoms with van der Waals surface area (Å²) in [4.78, 5) is 10.7. The van der Waals surface area contributed by atoms with Gasteiger partial charge >= 0.3 is 5.97 Å². The van der Waals surface area contributed by atoms with Crippen LogP contribution in [-0.4, -0.2) is 15.6 Å². The van der Waals surface area contributed by atoms with Crippen LogP contribution in [-0.2, 0) is 11.3 Å². The number of allylic oxidation sites excluding steroid dienone is 1. The zero-order valence-electron chi connectivity index (χ0n) is 9.35. The third-order valence-electron chi connectivity index (χ3n) is 2.67. The first kappa shape index (κ1) is 11.9. The van der Waals surface area contributed by atoms with Crippen LogP contribution in [0, 0.1) is 0 Å². The van der Waals surface area contributed by atoms with Crippen molar-refractivity contribution in [2.24, 2.45) is 0 Å². The number of hydrogen-bond acceptors (Lipinski definition) is 1. The van der Waals surface area contributed by atoms with Crippen LogP contribution in [0.2, 0.25) is 0 Å². The number of benzene rings is 1. The van der Waals surface area contributed by atoms with E-state index in [4.69, 9.17) is 5.11 Å². The first-order valence-corrected chi connectivity index (χ1v) is 6.02.